The molecule has 0 radical (unpaired) electrons. The molecule has 0 saturated heterocycles. The number of aromatic nitrogens is 1. The smallest absolute Gasteiger partial charge is 0.0931 e. The largest absolute Gasteiger partial charge is 0.342 e. The third kappa shape index (κ3) is 2.28. The van der Waals surface area contributed by atoms with Crippen LogP contribution in [0.1, 0.15) is 4.88 Å². The summed E-state index contributed by atoms with van der Waals surface area (Å²) in [6.07, 6.45) is 2.12. The van der Waals surface area contributed by atoms with E-state index >= 15 is 0 Å². The number of benzene rings is 1. The molecule has 0 unspecified atom stereocenters. The molecule has 3 aromatic rings. The Labute approximate surface area is 117 Å². The Kier molecular flexibility index (Phi) is 2.99. The van der Waals surface area contributed by atoms with E-state index in [-0.39, 0.29) is 0 Å². The highest BCUT2D eigenvalue weighted by atomic mass is 79.9. The van der Waals surface area contributed by atoms with Crippen molar-refractivity contribution in [3.63, 3.8) is 0 Å². The number of halogens is 2. The summed E-state index contributed by atoms with van der Waals surface area (Å²) >= 11 is 11.1. The standard InChI is InChI=1S/C13H9BrClNS/c14-10-2-1-9-5-6-16(12(9)7-10)8-11-3-4-13(15)17-11/h1-7H,8H2. The van der Waals surface area contributed by atoms with Crippen LogP contribution in [-0.2, 0) is 6.54 Å². The number of thiophene rings is 1. The molecule has 0 bridgehead atoms. The lowest BCUT2D eigenvalue weighted by Gasteiger charge is -2.03. The van der Waals surface area contributed by atoms with Gasteiger partial charge in [-0.25, -0.2) is 0 Å². The molecule has 0 spiro atoms. The van der Waals surface area contributed by atoms with E-state index in [1.807, 2.05) is 6.07 Å². The van der Waals surface area contributed by atoms with Crippen LogP contribution in [0.15, 0.2) is 47.1 Å². The van der Waals surface area contributed by atoms with Crippen molar-refractivity contribution in [3.05, 3.63) is 56.3 Å². The van der Waals surface area contributed by atoms with Gasteiger partial charge in [0, 0.05) is 21.1 Å². The van der Waals surface area contributed by atoms with Crippen molar-refractivity contribution in [2.75, 3.05) is 0 Å². The highest BCUT2D eigenvalue weighted by molar-refractivity contribution is 9.10. The monoisotopic (exact) mass is 325 g/mol. The zero-order valence-electron chi connectivity index (χ0n) is 8.86. The first kappa shape index (κ1) is 11.3. The lowest BCUT2D eigenvalue weighted by atomic mass is 10.2. The topological polar surface area (TPSA) is 4.93 Å². The van der Waals surface area contributed by atoms with E-state index in [1.165, 1.54) is 15.8 Å². The van der Waals surface area contributed by atoms with Gasteiger partial charge in [-0.05, 0) is 35.7 Å². The Morgan fingerprint density at radius 1 is 1.18 bits per heavy atom. The van der Waals surface area contributed by atoms with Crippen molar-refractivity contribution < 1.29 is 0 Å². The minimum Gasteiger partial charge on any atom is -0.342 e. The molecule has 0 fully saturated rings. The summed E-state index contributed by atoms with van der Waals surface area (Å²) in [6, 6.07) is 12.5. The van der Waals surface area contributed by atoms with Crippen molar-refractivity contribution in [3.8, 4) is 0 Å². The summed E-state index contributed by atoms with van der Waals surface area (Å²) in [5.41, 5.74) is 1.24. The van der Waals surface area contributed by atoms with Crippen LogP contribution in [0.3, 0.4) is 0 Å². The first-order chi connectivity index (χ1) is 8.22. The van der Waals surface area contributed by atoms with E-state index in [9.17, 15) is 0 Å². The summed E-state index contributed by atoms with van der Waals surface area (Å²) in [5, 5.41) is 1.26. The lowest BCUT2D eigenvalue weighted by Crippen LogP contribution is -1.95. The number of fused-ring (bicyclic) bond motifs is 1. The fourth-order valence-corrected chi connectivity index (χ4v) is 3.34. The zero-order chi connectivity index (χ0) is 11.8. The van der Waals surface area contributed by atoms with Crippen LogP contribution < -0.4 is 0 Å². The third-order valence-electron chi connectivity index (χ3n) is 2.69. The molecule has 0 amide bonds. The summed E-state index contributed by atoms with van der Waals surface area (Å²) in [7, 11) is 0. The average Bonchev–Trinajstić information content (AvgIpc) is 2.87. The Bertz CT molecular complexity index is 671. The first-order valence-corrected chi connectivity index (χ1v) is 7.20. The predicted octanol–water partition coefficient (Wildman–Crippen LogP) is 5.17. The quantitative estimate of drug-likeness (QED) is 0.612. The van der Waals surface area contributed by atoms with Gasteiger partial charge in [0.1, 0.15) is 0 Å². The maximum atomic E-state index is 5.95. The molecular formula is C13H9BrClNS. The van der Waals surface area contributed by atoms with Crippen LogP contribution >= 0.6 is 38.9 Å². The van der Waals surface area contributed by atoms with Crippen LogP contribution in [0.25, 0.3) is 10.9 Å². The van der Waals surface area contributed by atoms with Gasteiger partial charge in [0.2, 0.25) is 0 Å². The fourth-order valence-electron chi connectivity index (χ4n) is 1.90. The normalized spacial score (nSPS) is 11.2. The molecule has 2 aromatic heterocycles. The highest BCUT2D eigenvalue weighted by Gasteiger charge is 2.04. The second-order valence-corrected chi connectivity index (χ2v) is 6.57. The van der Waals surface area contributed by atoms with Crippen molar-refractivity contribution >= 4 is 49.8 Å². The van der Waals surface area contributed by atoms with Crippen LogP contribution in [0.2, 0.25) is 4.34 Å². The highest BCUT2D eigenvalue weighted by Crippen LogP contribution is 2.25. The number of hydrogen-bond donors (Lipinski definition) is 0. The summed E-state index contributed by atoms with van der Waals surface area (Å²) < 4.78 is 4.19. The van der Waals surface area contributed by atoms with Crippen LogP contribution in [0.4, 0.5) is 0 Å². The van der Waals surface area contributed by atoms with Gasteiger partial charge in [0.05, 0.1) is 10.9 Å². The van der Waals surface area contributed by atoms with E-state index in [0.29, 0.717) is 0 Å². The molecule has 1 aromatic carbocycles. The lowest BCUT2D eigenvalue weighted by molar-refractivity contribution is 0.851. The molecule has 4 heteroatoms. The van der Waals surface area contributed by atoms with Crippen LogP contribution in [0.5, 0.6) is 0 Å². The SMILES string of the molecule is Clc1ccc(Cn2ccc3ccc(Br)cc32)s1. The number of hydrogen-bond acceptors (Lipinski definition) is 1. The molecule has 0 aliphatic carbocycles. The van der Waals surface area contributed by atoms with E-state index in [0.717, 1.165) is 15.4 Å². The van der Waals surface area contributed by atoms with Crippen molar-refractivity contribution in [1.82, 2.24) is 4.57 Å². The molecule has 0 N–H and O–H groups in total. The Hall–Kier alpha value is -0.770. The molecule has 17 heavy (non-hydrogen) atoms. The second-order valence-electron chi connectivity index (χ2n) is 3.85. The van der Waals surface area contributed by atoms with E-state index < -0.39 is 0 Å². The Morgan fingerprint density at radius 2 is 2.06 bits per heavy atom. The van der Waals surface area contributed by atoms with Gasteiger partial charge in [0.25, 0.3) is 0 Å². The van der Waals surface area contributed by atoms with Crippen molar-refractivity contribution in [2.24, 2.45) is 0 Å². The maximum Gasteiger partial charge on any atom is 0.0931 e. The number of rotatable bonds is 2. The van der Waals surface area contributed by atoms with Gasteiger partial charge in [-0.1, -0.05) is 33.6 Å². The molecule has 86 valence electrons. The molecule has 0 saturated carbocycles. The fraction of sp³-hybridized carbons (Fsp3) is 0.0769. The molecule has 0 atom stereocenters. The van der Waals surface area contributed by atoms with E-state index in [1.54, 1.807) is 11.3 Å². The van der Waals surface area contributed by atoms with Gasteiger partial charge in [0.15, 0.2) is 0 Å². The van der Waals surface area contributed by atoms with E-state index in [4.69, 9.17) is 11.6 Å². The van der Waals surface area contributed by atoms with E-state index in [2.05, 4.69) is 57.0 Å². The zero-order valence-corrected chi connectivity index (χ0v) is 12.0. The minimum atomic E-state index is 0.845. The maximum absolute atomic E-state index is 5.95. The summed E-state index contributed by atoms with van der Waals surface area (Å²) in [4.78, 5) is 1.27. The first-order valence-electron chi connectivity index (χ1n) is 5.21. The Morgan fingerprint density at radius 3 is 2.82 bits per heavy atom. The molecular weight excluding hydrogens is 318 g/mol. The average molecular weight is 327 g/mol. The second kappa shape index (κ2) is 4.48. The third-order valence-corrected chi connectivity index (χ3v) is 4.40. The number of nitrogens with zero attached hydrogens (tertiary/aromatic N) is 1. The molecule has 0 aliphatic rings. The van der Waals surface area contributed by atoms with Gasteiger partial charge in [-0.2, -0.15) is 0 Å². The van der Waals surface area contributed by atoms with Gasteiger partial charge < -0.3 is 4.57 Å². The van der Waals surface area contributed by atoms with Crippen LogP contribution in [-0.4, -0.2) is 4.57 Å². The van der Waals surface area contributed by atoms with Gasteiger partial charge in [-0.15, -0.1) is 11.3 Å². The van der Waals surface area contributed by atoms with Gasteiger partial charge in [-0.3, -0.25) is 0 Å². The molecule has 3 rings (SSSR count). The molecule has 1 nitrogen and oxygen atoms in total. The minimum absolute atomic E-state index is 0.845. The summed E-state index contributed by atoms with van der Waals surface area (Å²) in [6.45, 7) is 0.872. The van der Waals surface area contributed by atoms with Gasteiger partial charge >= 0.3 is 0 Å². The van der Waals surface area contributed by atoms with Crippen molar-refractivity contribution in [1.29, 1.82) is 0 Å². The molecule has 0 aliphatic heterocycles. The summed E-state index contributed by atoms with van der Waals surface area (Å²) in [5.74, 6) is 0. The van der Waals surface area contributed by atoms with Crippen LogP contribution in [0, 0.1) is 0 Å². The van der Waals surface area contributed by atoms with Crippen molar-refractivity contribution in [2.45, 2.75) is 6.54 Å². The predicted molar refractivity (Wildman–Crippen MR) is 78.1 cm³/mol. The molecule has 2 heterocycles. The Balaban J connectivity index is 2.03.